The molecule has 16 nitrogen and oxygen atoms in total. The molecule has 1 aliphatic heterocycles. The lowest BCUT2D eigenvalue weighted by molar-refractivity contribution is -0.202. The Hall–Kier alpha value is -3.96. The average molecular weight is 700 g/mol. The molecule has 1 fully saturated rings. The number of aliphatic hydroxyl groups excluding tert-OH is 1. The van der Waals surface area contributed by atoms with Crippen molar-refractivity contribution in [2.24, 2.45) is 0 Å². The summed E-state index contributed by atoms with van der Waals surface area (Å²) in [7, 11) is -0.185. The van der Waals surface area contributed by atoms with Gasteiger partial charge in [0.25, 0.3) is 5.85 Å². The summed E-state index contributed by atoms with van der Waals surface area (Å²) in [6, 6.07) is 4.89. The van der Waals surface area contributed by atoms with Gasteiger partial charge in [-0.05, 0) is 45.7 Å². The van der Waals surface area contributed by atoms with E-state index >= 15 is 8.78 Å². The standard InChI is InChI=1S/C29H40F2N7O9P/c1-16(2)45-24(40)17(3)36-48(42,47-19-11-9-8-10-18(19)12-13-20(39)43-7)44-14-29(31)25(41)28(4,30)26(46-29)38-15-33-21-22(37(5)6)34-27(32)35-23(21)38/h8-11,15-17,25-26,41H,12-14H2,1-7H3,(H,36,42)(H2,32,34,35)/t17-,25-,26+,28+,29+,48?/m0/s1. The number of carbonyl (C=O) groups excluding carboxylic acids is 2. The number of fused-ring (bicyclic) bond motifs is 1. The number of aryl methyl sites for hydroxylation is 1. The smallest absolute Gasteiger partial charge is 0.459 e. The SMILES string of the molecule is COC(=O)CCc1ccccc1OP(=O)(N[C@@H](C)C(=O)OC(C)C)OC[C@@]1(F)O[C@@H](n2cnc3c(N(C)C)nc(N)nc32)[C@](C)(F)[C@@H]1O. The molecule has 2 aromatic heterocycles. The number of hydrogen-bond acceptors (Lipinski definition) is 14. The molecule has 0 bridgehead atoms. The second kappa shape index (κ2) is 14.3. The number of esters is 2. The first-order valence-electron chi connectivity index (χ1n) is 14.9. The Labute approximate surface area is 275 Å². The maximum absolute atomic E-state index is 16.5. The molecule has 4 rings (SSSR count). The van der Waals surface area contributed by atoms with E-state index in [0.717, 1.165) is 17.8 Å². The number of ether oxygens (including phenoxy) is 3. The molecule has 48 heavy (non-hydrogen) atoms. The number of nitrogens with two attached hydrogens (primary N) is 1. The van der Waals surface area contributed by atoms with Gasteiger partial charge in [0.1, 0.15) is 18.4 Å². The zero-order valence-corrected chi connectivity index (χ0v) is 28.4. The number of methoxy groups -OCH3 is 1. The topological polar surface area (TPSA) is 202 Å². The normalized spacial score (nSPS) is 24.3. The first-order chi connectivity index (χ1) is 22.4. The monoisotopic (exact) mass is 699 g/mol. The van der Waals surface area contributed by atoms with Crippen molar-refractivity contribution in [3.63, 3.8) is 0 Å². The van der Waals surface area contributed by atoms with Gasteiger partial charge in [0.2, 0.25) is 5.95 Å². The van der Waals surface area contributed by atoms with Gasteiger partial charge in [-0.25, -0.2) is 18.3 Å². The molecule has 0 spiro atoms. The predicted molar refractivity (Wildman–Crippen MR) is 168 cm³/mol. The molecule has 3 aromatic rings. The second-order valence-corrected chi connectivity index (χ2v) is 13.5. The number of halogens is 2. The number of nitrogens with zero attached hydrogens (tertiary/aromatic N) is 5. The maximum Gasteiger partial charge on any atom is 0.459 e. The van der Waals surface area contributed by atoms with E-state index in [1.807, 2.05) is 0 Å². The number of nitrogen functional groups attached to an aromatic ring is 1. The summed E-state index contributed by atoms with van der Waals surface area (Å²) in [5.41, 5.74) is 3.63. The van der Waals surface area contributed by atoms with Gasteiger partial charge in [-0.15, -0.1) is 0 Å². The third-order valence-corrected chi connectivity index (χ3v) is 8.95. The van der Waals surface area contributed by atoms with E-state index in [2.05, 4.69) is 24.8 Å². The summed E-state index contributed by atoms with van der Waals surface area (Å²) in [5, 5.41) is 13.3. The third kappa shape index (κ3) is 7.84. The second-order valence-electron chi connectivity index (χ2n) is 11.8. The molecule has 0 saturated carbocycles. The van der Waals surface area contributed by atoms with Crippen LogP contribution < -0.4 is 20.2 Å². The van der Waals surface area contributed by atoms with E-state index < -0.39 is 62.3 Å². The summed E-state index contributed by atoms with van der Waals surface area (Å²) in [6.07, 6.45) is -3.69. The van der Waals surface area contributed by atoms with Crippen molar-refractivity contribution in [3.05, 3.63) is 36.2 Å². The van der Waals surface area contributed by atoms with E-state index in [1.54, 1.807) is 51.0 Å². The van der Waals surface area contributed by atoms with Gasteiger partial charge in [-0.1, -0.05) is 18.2 Å². The van der Waals surface area contributed by atoms with Crippen molar-refractivity contribution < 1.29 is 51.3 Å². The lowest BCUT2D eigenvalue weighted by Gasteiger charge is -2.28. The number of hydrogen-bond donors (Lipinski definition) is 3. The lowest BCUT2D eigenvalue weighted by atomic mass is 9.97. The number of para-hydroxylation sites is 1. The summed E-state index contributed by atoms with van der Waals surface area (Å²) >= 11 is 0. The van der Waals surface area contributed by atoms with Crippen LogP contribution in [0.4, 0.5) is 20.5 Å². The zero-order chi connectivity index (χ0) is 35.6. The van der Waals surface area contributed by atoms with Crippen LogP contribution in [0.25, 0.3) is 11.2 Å². The molecule has 264 valence electrons. The van der Waals surface area contributed by atoms with Gasteiger partial charge >= 0.3 is 19.7 Å². The Morgan fingerprint density at radius 2 is 1.92 bits per heavy atom. The lowest BCUT2D eigenvalue weighted by Crippen LogP contribution is -2.47. The highest BCUT2D eigenvalue weighted by Crippen LogP contribution is 2.52. The molecule has 0 aliphatic carbocycles. The van der Waals surface area contributed by atoms with Crippen molar-refractivity contribution >= 4 is 42.6 Å². The molecule has 0 amide bonds. The van der Waals surface area contributed by atoms with Gasteiger partial charge in [0.15, 0.2) is 35.0 Å². The number of benzene rings is 1. The Morgan fingerprint density at radius 1 is 1.23 bits per heavy atom. The quantitative estimate of drug-likeness (QED) is 0.164. The van der Waals surface area contributed by atoms with Gasteiger partial charge in [-0.2, -0.15) is 15.1 Å². The first kappa shape index (κ1) is 36.9. The Morgan fingerprint density at radius 3 is 2.56 bits per heavy atom. The van der Waals surface area contributed by atoms with Gasteiger partial charge in [0.05, 0.1) is 19.5 Å². The highest BCUT2D eigenvalue weighted by atomic mass is 31.2. The number of rotatable bonds is 14. The van der Waals surface area contributed by atoms with Crippen molar-refractivity contribution in [2.75, 3.05) is 38.4 Å². The highest BCUT2D eigenvalue weighted by molar-refractivity contribution is 7.52. The number of anilines is 2. The number of alkyl halides is 2. The van der Waals surface area contributed by atoms with Crippen LogP contribution in [0.3, 0.4) is 0 Å². The van der Waals surface area contributed by atoms with Crippen LogP contribution in [-0.4, -0.2) is 94.1 Å². The molecule has 3 heterocycles. The van der Waals surface area contributed by atoms with E-state index in [-0.39, 0.29) is 35.7 Å². The molecule has 1 saturated heterocycles. The average Bonchev–Trinajstić information content (AvgIpc) is 3.50. The third-order valence-electron chi connectivity index (χ3n) is 7.34. The summed E-state index contributed by atoms with van der Waals surface area (Å²) in [4.78, 5) is 38.4. The fourth-order valence-electron chi connectivity index (χ4n) is 4.92. The van der Waals surface area contributed by atoms with Crippen molar-refractivity contribution in [3.8, 4) is 5.75 Å². The minimum Gasteiger partial charge on any atom is -0.469 e. The van der Waals surface area contributed by atoms with Crippen LogP contribution >= 0.6 is 7.75 Å². The summed E-state index contributed by atoms with van der Waals surface area (Å²) in [6.45, 7) is 4.10. The molecule has 1 aromatic carbocycles. The highest BCUT2D eigenvalue weighted by Gasteiger charge is 2.65. The molecule has 6 atom stereocenters. The van der Waals surface area contributed by atoms with Crippen LogP contribution in [0.1, 0.15) is 45.9 Å². The number of carbonyl (C=O) groups is 2. The number of aromatic nitrogens is 4. The number of nitrogens with one attached hydrogen (secondary N) is 1. The number of imidazole rings is 1. The Kier molecular flexibility index (Phi) is 11.0. The molecule has 1 unspecified atom stereocenters. The van der Waals surface area contributed by atoms with Crippen LogP contribution in [0.2, 0.25) is 0 Å². The molecule has 0 radical (unpaired) electrons. The molecular weight excluding hydrogens is 659 g/mol. The minimum absolute atomic E-state index is 0.00540. The van der Waals surface area contributed by atoms with Crippen molar-refractivity contribution in [1.82, 2.24) is 24.6 Å². The maximum atomic E-state index is 16.5. The zero-order valence-electron chi connectivity index (χ0n) is 27.5. The van der Waals surface area contributed by atoms with Crippen molar-refractivity contribution in [2.45, 2.75) is 76.5 Å². The first-order valence-corrected chi connectivity index (χ1v) is 16.4. The molecule has 19 heteroatoms. The largest absolute Gasteiger partial charge is 0.469 e. The van der Waals surface area contributed by atoms with Crippen LogP contribution in [-0.2, 0) is 39.3 Å². The van der Waals surface area contributed by atoms with E-state index in [0.29, 0.717) is 11.4 Å². The molecular formula is C29H40F2N7O9P. The molecule has 1 aliphatic rings. The van der Waals surface area contributed by atoms with Crippen LogP contribution in [0, 0.1) is 0 Å². The number of aliphatic hydroxyl groups is 1. The summed E-state index contributed by atoms with van der Waals surface area (Å²) < 4.78 is 74.5. The van der Waals surface area contributed by atoms with Crippen LogP contribution in [0.5, 0.6) is 5.75 Å². The fourth-order valence-corrected chi connectivity index (χ4v) is 6.46. The Bertz CT molecular complexity index is 1690. The van der Waals surface area contributed by atoms with Gasteiger partial charge < -0.3 is 34.5 Å². The van der Waals surface area contributed by atoms with E-state index in [1.165, 1.54) is 20.1 Å². The van der Waals surface area contributed by atoms with E-state index in [4.69, 9.17) is 24.3 Å². The van der Waals surface area contributed by atoms with Crippen molar-refractivity contribution in [1.29, 1.82) is 0 Å². The Balaban J connectivity index is 1.65. The van der Waals surface area contributed by atoms with Gasteiger partial charge in [-0.3, -0.25) is 18.7 Å². The minimum atomic E-state index is -4.76. The van der Waals surface area contributed by atoms with Crippen LogP contribution in [0.15, 0.2) is 30.6 Å². The fraction of sp³-hybridized carbons (Fsp3) is 0.552. The predicted octanol–water partition coefficient (Wildman–Crippen LogP) is 3.00. The summed E-state index contributed by atoms with van der Waals surface area (Å²) in [5.74, 6) is -4.57. The van der Waals surface area contributed by atoms with Gasteiger partial charge in [0, 0.05) is 20.5 Å². The van der Waals surface area contributed by atoms with E-state index in [9.17, 15) is 19.3 Å². The molecule has 4 N–H and O–H groups in total.